The van der Waals surface area contributed by atoms with Gasteiger partial charge in [-0.15, -0.1) is 0 Å². The normalized spacial score (nSPS) is 20.4. The van der Waals surface area contributed by atoms with Crippen LogP contribution in [0.15, 0.2) is 42.5 Å². The second-order valence-corrected chi connectivity index (χ2v) is 7.05. The molecule has 0 radical (unpaired) electrons. The van der Waals surface area contributed by atoms with Crippen molar-refractivity contribution in [3.63, 3.8) is 0 Å². The van der Waals surface area contributed by atoms with Crippen LogP contribution in [0, 0.1) is 5.82 Å². The number of carbonyl (C=O) groups excluding carboxylic acids is 3. The van der Waals surface area contributed by atoms with Crippen molar-refractivity contribution in [2.75, 3.05) is 11.4 Å². The Bertz CT molecular complexity index is 1090. The van der Waals surface area contributed by atoms with Gasteiger partial charge in [-0.05, 0) is 24.3 Å². The largest absolute Gasteiger partial charge is 0.480 e. The summed E-state index contributed by atoms with van der Waals surface area (Å²) >= 11 is 6.02. The molecular formula is C19H13ClFN3O5. The molecule has 4 amide bonds. The average Bonchev–Trinajstić information content (AvgIpc) is 3.04. The number of fused-ring (bicyclic) bond motifs is 2. The van der Waals surface area contributed by atoms with Gasteiger partial charge < -0.3 is 10.4 Å². The third kappa shape index (κ3) is 2.73. The number of halogens is 2. The fourth-order valence-corrected chi connectivity index (χ4v) is 3.78. The van der Waals surface area contributed by atoms with Gasteiger partial charge in [-0.1, -0.05) is 29.8 Å². The lowest BCUT2D eigenvalue weighted by Crippen LogP contribution is -2.53. The Morgan fingerprint density at radius 1 is 1.10 bits per heavy atom. The Morgan fingerprint density at radius 3 is 2.48 bits per heavy atom. The van der Waals surface area contributed by atoms with Crippen LogP contribution in [0.3, 0.4) is 0 Å². The van der Waals surface area contributed by atoms with E-state index in [0.29, 0.717) is 0 Å². The number of nitrogens with one attached hydrogen (secondary N) is 1. The van der Waals surface area contributed by atoms with Crippen LogP contribution >= 0.6 is 11.6 Å². The van der Waals surface area contributed by atoms with Crippen molar-refractivity contribution in [2.45, 2.75) is 12.1 Å². The van der Waals surface area contributed by atoms with Gasteiger partial charge in [0.15, 0.2) is 0 Å². The number of imide groups is 1. The zero-order valence-electron chi connectivity index (χ0n) is 14.7. The minimum Gasteiger partial charge on any atom is -0.480 e. The lowest BCUT2D eigenvalue weighted by atomic mass is 9.91. The molecular weight excluding hydrogens is 405 g/mol. The summed E-state index contributed by atoms with van der Waals surface area (Å²) in [5.74, 6) is -3.74. The first-order valence-corrected chi connectivity index (χ1v) is 8.85. The third-order valence-electron chi connectivity index (χ3n) is 4.90. The van der Waals surface area contributed by atoms with Crippen molar-refractivity contribution >= 4 is 41.1 Å². The number of nitrogens with zero attached hydrogens (tertiary/aromatic N) is 2. The molecule has 1 spiro atoms. The quantitative estimate of drug-likeness (QED) is 0.583. The summed E-state index contributed by atoms with van der Waals surface area (Å²) in [5.41, 5.74) is -1.82. The van der Waals surface area contributed by atoms with E-state index in [1.807, 2.05) is 0 Å². The number of aliphatic carboxylic acids is 1. The van der Waals surface area contributed by atoms with E-state index in [1.54, 1.807) is 6.07 Å². The van der Waals surface area contributed by atoms with Gasteiger partial charge in [-0.2, -0.15) is 0 Å². The molecule has 1 unspecified atom stereocenters. The maximum Gasteiger partial charge on any atom is 0.326 e. The lowest BCUT2D eigenvalue weighted by Gasteiger charge is -2.21. The number of urea groups is 1. The van der Waals surface area contributed by atoms with Crippen molar-refractivity contribution in [3.05, 3.63) is 64.4 Å². The maximum absolute atomic E-state index is 14.0. The molecule has 0 saturated carbocycles. The number of amides is 4. The summed E-state index contributed by atoms with van der Waals surface area (Å²) in [6.45, 7) is -1.09. The Morgan fingerprint density at radius 2 is 1.79 bits per heavy atom. The van der Waals surface area contributed by atoms with E-state index < -0.39 is 41.7 Å². The molecule has 10 heteroatoms. The van der Waals surface area contributed by atoms with Crippen LogP contribution in [0.4, 0.5) is 14.9 Å². The van der Waals surface area contributed by atoms with Crippen molar-refractivity contribution in [1.82, 2.24) is 10.2 Å². The summed E-state index contributed by atoms with van der Waals surface area (Å²) in [7, 11) is 0. The fourth-order valence-electron chi connectivity index (χ4n) is 3.61. The summed E-state index contributed by atoms with van der Waals surface area (Å²) in [4.78, 5) is 51.8. The first-order chi connectivity index (χ1) is 13.8. The van der Waals surface area contributed by atoms with Crippen LogP contribution in [0.2, 0.25) is 5.02 Å². The molecule has 8 nitrogen and oxygen atoms in total. The Balaban J connectivity index is 1.80. The van der Waals surface area contributed by atoms with Gasteiger partial charge in [0.1, 0.15) is 12.4 Å². The van der Waals surface area contributed by atoms with Crippen molar-refractivity contribution in [2.24, 2.45) is 0 Å². The van der Waals surface area contributed by atoms with E-state index in [2.05, 4.69) is 5.32 Å². The first kappa shape index (κ1) is 18.9. The third-order valence-corrected chi connectivity index (χ3v) is 5.14. The fraction of sp³-hybridized carbons (Fsp3) is 0.158. The predicted octanol–water partition coefficient (Wildman–Crippen LogP) is 1.86. The number of benzene rings is 2. The van der Waals surface area contributed by atoms with Gasteiger partial charge in [-0.3, -0.25) is 24.2 Å². The minimum absolute atomic E-state index is 0.0747. The second-order valence-electron chi connectivity index (χ2n) is 6.61. The van der Waals surface area contributed by atoms with E-state index in [4.69, 9.17) is 16.7 Å². The van der Waals surface area contributed by atoms with Crippen LogP contribution in [-0.4, -0.2) is 40.4 Å². The average molecular weight is 418 g/mol. The molecule has 4 rings (SSSR count). The summed E-state index contributed by atoms with van der Waals surface area (Å²) < 4.78 is 14.0. The number of hydrogen-bond acceptors (Lipinski definition) is 4. The number of hydrogen-bond donors (Lipinski definition) is 2. The van der Waals surface area contributed by atoms with Gasteiger partial charge in [0.2, 0.25) is 5.54 Å². The summed E-state index contributed by atoms with van der Waals surface area (Å²) in [5, 5.41) is 11.7. The number of carbonyl (C=O) groups is 4. The molecule has 2 aromatic carbocycles. The number of carboxylic acid groups (broad SMARTS) is 1. The van der Waals surface area contributed by atoms with E-state index in [0.717, 1.165) is 9.80 Å². The molecule has 1 saturated heterocycles. The van der Waals surface area contributed by atoms with Gasteiger partial charge in [0, 0.05) is 16.1 Å². The molecule has 148 valence electrons. The molecule has 2 heterocycles. The van der Waals surface area contributed by atoms with E-state index >= 15 is 0 Å². The minimum atomic E-state index is -2.14. The molecule has 2 aliphatic rings. The maximum atomic E-state index is 14.0. The monoisotopic (exact) mass is 417 g/mol. The Labute approximate surface area is 168 Å². The molecule has 2 aromatic rings. The standard InChI is InChI=1S/C19H13ClFN3O5/c20-11-5-6-14-12(7-11)19(16(27)23(14)9-15(25)26)17(28)24(18(29)22-19)8-10-3-1-2-4-13(10)21/h1-7H,8-9H2,(H,22,29)(H,25,26). The number of carboxylic acids is 1. The van der Waals surface area contributed by atoms with Crippen LogP contribution in [0.25, 0.3) is 0 Å². The van der Waals surface area contributed by atoms with Crippen molar-refractivity contribution < 1.29 is 28.7 Å². The van der Waals surface area contributed by atoms with Crippen LogP contribution in [-0.2, 0) is 26.5 Å². The highest BCUT2D eigenvalue weighted by Gasteiger charge is 2.64. The Kier molecular flexibility index (Phi) is 4.27. The van der Waals surface area contributed by atoms with Gasteiger partial charge >= 0.3 is 12.0 Å². The second kappa shape index (κ2) is 6.56. The molecule has 2 N–H and O–H groups in total. The van der Waals surface area contributed by atoms with E-state index in [9.17, 15) is 23.6 Å². The lowest BCUT2D eigenvalue weighted by molar-refractivity contribution is -0.141. The van der Waals surface area contributed by atoms with Gasteiger partial charge in [-0.25, -0.2) is 9.18 Å². The van der Waals surface area contributed by atoms with Gasteiger partial charge in [0.25, 0.3) is 11.8 Å². The Hall–Kier alpha value is -3.46. The number of rotatable bonds is 4. The van der Waals surface area contributed by atoms with Crippen molar-refractivity contribution in [3.8, 4) is 0 Å². The smallest absolute Gasteiger partial charge is 0.326 e. The van der Waals surface area contributed by atoms with Crippen LogP contribution in [0.1, 0.15) is 11.1 Å². The topological polar surface area (TPSA) is 107 Å². The molecule has 0 aliphatic carbocycles. The highest BCUT2D eigenvalue weighted by Crippen LogP contribution is 2.45. The zero-order chi connectivity index (χ0) is 20.9. The van der Waals surface area contributed by atoms with Crippen molar-refractivity contribution in [1.29, 1.82) is 0 Å². The van der Waals surface area contributed by atoms with Gasteiger partial charge in [0.05, 0.1) is 12.2 Å². The number of anilines is 1. The van der Waals surface area contributed by atoms with Crippen LogP contribution in [0.5, 0.6) is 0 Å². The van der Waals surface area contributed by atoms with E-state index in [-0.39, 0.29) is 28.4 Å². The first-order valence-electron chi connectivity index (χ1n) is 8.47. The molecule has 0 aromatic heterocycles. The molecule has 1 atom stereocenters. The highest BCUT2D eigenvalue weighted by molar-refractivity contribution is 6.32. The summed E-state index contributed by atoms with van der Waals surface area (Å²) in [6, 6.07) is 8.92. The summed E-state index contributed by atoms with van der Waals surface area (Å²) in [6.07, 6.45) is 0. The molecule has 0 bridgehead atoms. The highest BCUT2D eigenvalue weighted by atomic mass is 35.5. The predicted molar refractivity (Wildman–Crippen MR) is 98.6 cm³/mol. The molecule has 2 aliphatic heterocycles. The van der Waals surface area contributed by atoms with Crippen LogP contribution < -0.4 is 10.2 Å². The van der Waals surface area contributed by atoms with E-state index in [1.165, 1.54) is 36.4 Å². The molecule has 1 fully saturated rings. The zero-order valence-corrected chi connectivity index (χ0v) is 15.4. The SMILES string of the molecule is O=C(O)CN1C(=O)C2(NC(=O)N(Cc3ccccc3F)C2=O)c2cc(Cl)ccc21. The molecule has 29 heavy (non-hydrogen) atoms.